The molecule has 0 saturated heterocycles. The van der Waals surface area contributed by atoms with E-state index in [9.17, 15) is 0 Å². The molecule has 0 amide bonds. The number of hydrogen-bond donors (Lipinski definition) is 1. The fraction of sp³-hybridized carbons (Fsp3) is 0.714. The Morgan fingerprint density at radius 2 is 1.64 bits per heavy atom. The number of aryl methyl sites for hydroxylation is 1. The molecule has 4 fully saturated rings. The van der Waals surface area contributed by atoms with Gasteiger partial charge < -0.3 is 5.32 Å². The highest BCUT2D eigenvalue weighted by Gasteiger charge is 2.59. The molecule has 4 bridgehead atoms. The molecule has 4 aliphatic carbocycles. The molecule has 1 nitrogen and oxygen atoms in total. The van der Waals surface area contributed by atoms with Gasteiger partial charge in [-0.2, -0.15) is 0 Å². The predicted octanol–water partition coefficient (Wildman–Crippen LogP) is 4.96. The SMILES string of the molecule is CC12CC3CC(C)(C1)CC(NCCCc1ccccc1)(C3)C2. The lowest BCUT2D eigenvalue weighted by Crippen LogP contribution is -2.64. The lowest BCUT2D eigenvalue weighted by molar-refractivity contribution is -0.117. The molecule has 1 N–H and O–H groups in total. The van der Waals surface area contributed by atoms with Gasteiger partial charge in [0.1, 0.15) is 0 Å². The first-order chi connectivity index (χ1) is 10.5. The summed E-state index contributed by atoms with van der Waals surface area (Å²) in [6.07, 6.45) is 11.3. The van der Waals surface area contributed by atoms with Gasteiger partial charge in [-0.05, 0) is 80.2 Å². The number of rotatable bonds is 5. The molecule has 2 unspecified atom stereocenters. The van der Waals surface area contributed by atoms with E-state index in [0.717, 1.165) is 5.92 Å². The molecule has 120 valence electrons. The maximum atomic E-state index is 4.05. The molecule has 0 spiro atoms. The Morgan fingerprint density at radius 1 is 0.955 bits per heavy atom. The van der Waals surface area contributed by atoms with Crippen molar-refractivity contribution >= 4 is 0 Å². The van der Waals surface area contributed by atoms with Crippen LogP contribution in [0.25, 0.3) is 0 Å². The first-order valence-electron chi connectivity index (χ1n) is 9.27. The van der Waals surface area contributed by atoms with Crippen molar-refractivity contribution in [3.8, 4) is 0 Å². The summed E-state index contributed by atoms with van der Waals surface area (Å²) in [6, 6.07) is 10.9. The number of benzene rings is 1. The quantitative estimate of drug-likeness (QED) is 0.758. The van der Waals surface area contributed by atoms with Crippen LogP contribution in [-0.2, 0) is 6.42 Å². The van der Waals surface area contributed by atoms with Gasteiger partial charge in [-0.15, -0.1) is 0 Å². The van der Waals surface area contributed by atoms with Gasteiger partial charge in [-0.25, -0.2) is 0 Å². The summed E-state index contributed by atoms with van der Waals surface area (Å²) in [6.45, 7) is 6.32. The first-order valence-corrected chi connectivity index (χ1v) is 9.27. The van der Waals surface area contributed by atoms with Crippen molar-refractivity contribution in [1.82, 2.24) is 5.32 Å². The third kappa shape index (κ3) is 2.73. The van der Waals surface area contributed by atoms with Crippen LogP contribution in [0.3, 0.4) is 0 Å². The second-order valence-electron chi connectivity index (χ2n) is 9.43. The van der Waals surface area contributed by atoms with Crippen LogP contribution in [0.15, 0.2) is 30.3 Å². The van der Waals surface area contributed by atoms with Crippen LogP contribution in [0.5, 0.6) is 0 Å². The van der Waals surface area contributed by atoms with Crippen molar-refractivity contribution < 1.29 is 0 Å². The minimum Gasteiger partial charge on any atom is -0.311 e. The highest BCUT2D eigenvalue weighted by Crippen LogP contribution is 2.66. The fourth-order valence-electron chi connectivity index (χ4n) is 6.94. The van der Waals surface area contributed by atoms with Crippen LogP contribution in [0.1, 0.15) is 64.4 Å². The summed E-state index contributed by atoms with van der Waals surface area (Å²) in [5.41, 5.74) is 3.20. The molecule has 5 rings (SSSR count). The molecule has 1 heteroatoms. The minimum atomic E-state index is 0.472. The van der Waals surface area contributed by atoms with Gasteiger partial charge in [0, 0.05) is 5.54 Å². The maximum absolute atomic E-state index is 4.05. The maximum Gasteiger partial charge on any atom is 0.0194 e. The Bertz CT molecular complexity index is 516. The molecule has 0 aromatic heterocycles. The summed E-state index contributed by atoms with van der Waals surface area (Å²) in [5, 5.41) is 4.05. The zero-order valence-corrected chi connectivity index (χ0v) is 14.3. The average molecular weight is 297 g/mol. The van der Waals surface area contributed by atoms with Gasteiger partial charge in [-0.1, -0.05) is 44.2 Å². The molecule has 4 aliphatic rings. The Labute approximate surface area is 135 Å². The van der Waals surface area contributed by atoms with E-state index in [0.29, 0.717) is 16.4 Å². The smallest absolute Gasteiger partial charge is 0.0194 e. The van der Waals surface area contributed by atoms with Gasteiger partial charge in [0.05, 0.1) is 0 Å². The summed E-state index contributed by atoms with van der Waals surface area (Å²) < 4.78 is 0. The van der Waals surface area contributed by atoms with E-state index in [1.54, 1.807) is 0 Å². The standard InChI is InChI=1S/C21H31N/c1-19-11-18-12-20(2,14-19)16-21(13-18,15-19)22-10-6-9-17-7-4-3-5-8-17/h3-5,7-8,18,22H,6,9-16H2,1-2H3. The van der Waals surface area contributed by atoms with Crippen molar-refractivity contribution in [2.24, 2.45) is 16.7 Å². The molecule has 2 atom stereocenters. The lowest BCUT2D eigenvalue weighted by atomic mass is 9.43. The summed E-state index contributed by atoms with van der Waals surface area (Å²) >= 11 is 0. The molecule has 0 aliphatic heterocycles. The topological polar surface area (TPSA) is 12.0 Å². The Balaban J connectivity index is 1.36. The fourth-order valence-corrected chi connectivity index (χ4v) is 6.94. The van der Waals surface area contributed by atoms with Crippen molar-refractivity contribution in [2.75, 3.05) is 6.54 Å². The first kappa shape index (κ1) is 14.8. The Morgan fingerprint density at radius 3 is 2.27 bits per heavy atom. The Kier molecular flexibility index (Phi) is 3.41. The van der Waals surface area contributed by atoms with E-state index in [1.807, 2.05) is 0 Å². The molecule has 1 aromatic carbocycles. The van der Waals surface area contributed by atoms with Crippen LogP contribution in [-0.4, -0.2) is 12.1 Å². The minimum absolute atomic E-state index is 0.472. The van der Waals surface area contributed by atoms with E-state index in [4.69, 9.17) is 0 Å². The second-order valence-corrected chi connectivity index (χ2v) is 9.43. The van der Waals surface area contributed by atoms with Crippen molar-refractivity contribution in [3.05, 3.63) is 35.9 Å². The summed E-state index contributed by atoms with van der Waals surface area (Å²) in [4.78, 5) is 0. The van der Waals surface area contributed by atoms with E-state index < -0.39 is 0 Å². The molecular formula is C21H31N. The average Bonchev–Trinajstić information content (AvgIpc) is 2.41. The zero-order valence-electron chi connectivity index (χ0n) is 14.3. The molecular weight excluding hydrogens is 266 g/mol. The lowest BCUT2D eigenvalue weighted by Gasteiger charge is -2.65. The molecule has 0 radical (unpaired) electrons. The van der Waals surface area contributed by atoms with Crippen molar-refractivity contribution in [3.63, 3.8) is 0 Å². The van der Waals surface area contributed by atoms with Crippen molar-refractivity contribution in [2.45, 2.75) is 70.8 Å². The van der Waals surface area contributed by atoms with Crippen LogP contribution < -0.4 is 5.32 Å². The second kappa shape index (κ2) is 5.09. The van der Waals surface area contributed by atoms with Gasteiger partial charge >= 0.3 is 0 Å². The Hall–Kier alpha value is -0.820. The van der Waals surface area contributed by atoms with Gasteiger partial charge in [0.15, 0.2) is 0 Å². The monoisotopic (exact) mass is 297 g/mol. The largest absolute Gasteiger partial charge is 0.311 e. The van der Waals surface area contributed by atoms with Crippen LogP contribution in [0, 0.1) is 16.7 Å². The van der Waals surface area contributed by atoms with Crippen molar-refractivity contribution in [1.29, 1.82) is 0 Å². The van der Waals surface area contributed by atoms with E-state index in [1.165, 1.54) is 63.5 Å². The van der Waals surface area contributed by atoms with Gasteiger partial charge in [0.25, 0.3) is 0 Å². The third-order valence-electron chi connectivity index (χ3n) is 6.61. The highest BCUT2D eigenvalue weighted by molar-refractivity contribution is 5.16. The number of hydrogen-bond acceptors (Lipinski definition) is 1. The van der Waals surface area contributed by atoms with Crippen LogP contribution >= 0.6 is 0 Å². The summed E-state index contributed by atoms with van der Waals surface area (Å²) in [5.74, 6) is 0.993. The van der Waals surface area contributed by atoms with Crippen LogP contribution in [0.2, 0.25) is 0 Å². The van der Waals surface area contributed by atoms with E-state index in [-0.39, 0.29) is 0 Å². The highest BCUT2D eigenvalue weighted by atomic mass is 15.0. The number of nitrogens with one attached hydrogen (secondary N) is 1. The molecule has 0 heterocycles. The van der Waals surface area contributed by atoms with E-state index >= 15 is 0 Å². The normalized spacial score (nSPS) is 42.7. The van der Waals surface area contributed by atoms with Gasteiger partial charge in [-0.3, -0.25) is 0 Å². The molecule has 22 heavy (non-hydrogen) atoms. The third-order valence-corrected chi connectivity index (χ3v) is 6.61. The predicted molar refractivity (Wildman–Crippen MR) is 92.9 cm³/mol. The van der Waals surface area contributed by atoms with Gasteiger partial charge in [0.2, 0.25) is 0 Å². The zero-order chi connectivity index (χ0) is 15.3. The van der Waals surface area contributed by atoms with Crippen LogP contribution in [0.4, 0.5) is 0 Å². The van der Waals surface area contributed by atoms with E-state index in [2.05, 4.69) is 49.5 Å². The summed E-state index contributed by atoms with van der Waals surface area (Å²) in [7, 11) is 0. The molecule has 4 saturated carbocycles. The molecule has 1 aromatic rings.